The number of hydrogen-bond donors (Lipinski definition) is 2. The largest absolute Gasteiger partial charge is 0.390 e. The van der Waals surface area contributed by atoms with E-state index in [9.17, 15) is 0 Å². The van der Waals surface area contributed by atoms with Gasteiger partial charge in [-0.05, 0) is 12.1 Å². The zero-order valence-electron chi connectivity index (χ0n) is 5.91. The lowest BCUT2D eigenvalue weighted by atomic mass is 10.4. The highest BCUT2D eigenvalue weighted by Gasteiger charge is 2.00. The molecule has 0 atom stereocenters. The van der Waals surface area contributed by atoms with Gasteiger partial charge in [0.25, 0.3) is 0 Å². The Morgan fingerprint density at radius 1 is 1.20 bits per heavy atom. The number of aliphatic hydroxyl groups is 2. The zero-order valence-corrected chi connectivity index (χ0v) is 5.91. The van der Waals surface area contributed by atoms with Crippen molar-refractivity contribution in [2.75, 3.05) is 0 Å². The molecule has 0 aliphatic heterocycles. The van der Waals surface area contributed by atoms with E-state index in [1.54, 1.807) is 16.7 Å². The molecule has 0 radical (unpaired) electrons. The third-order valence-corrected chi connectivity index (χ3v) is 1.65. The molecule has 0 spiro atoms. The molecule has 0 fully saturated rings. The van der Waals surface area contributed by atoms with Crippen LogP contribution in [-0.4, -0.2) is 14.8 Å². The van der Waals surface area contributed by atoms with Gasteiger partial charge in [-0.25, -0.2) is 0 Å². The molecule has 0 bridgehead atoms. The van der Waals surface area contributed by atoms with Gasteiger partial charge >= 0.3 is 0 Å². The fourth-order valence-electron chi connectivity index (χ4n) is 0.918. The molecule has 2 N–H and O–H groups in total. The van der Waals surface area contributed by atoms with Crippen LogP contribution in [0.15, 0.2) is 12.1 Å². The Morgan fingerprint density at radius 3 is 1.80 bits per heavy atom. The van der Waals surface area contributed by atoms with Gasteiger partial charge in [0.15, 0.2) is 0 Å². The van der Waals surface area contributed by atoms with Gasteiger partial charge in [0.05, 0.1) is 13.2 Å². The molecule has 3 nitrogen and oxygen atoms in total. The Hall–Kier alpha value is -0.800. The van der Waals surface area contributed by atoms with Crippen LogP contribution in [-0.2, 0) is 20.3 Å². The highest BCUT2D eigenvalue weighted by molar-refractivity contribution is 5.14. The van der Waals surface area contributed by atoms with Gasteiger partial charge in [0.1, 0.15) is 0 Å². The minimum atomic E-state index is 0.0243. The van der Waals surface area contributed by atoms with Crippen molar-refractivity contribution in [3.05, 3.63) is 23.5 Å². The monoisotopic (exact) mass is 141 g/mol. The lowest BCUT2D eigenvalue weighted by molar-refractivity contribution is 0.259. The quantitative estimate of drug-likeness (QED) is 0.609. The number of aromatic nitrogens is 1. The summed E-state index contributed by atoms with van der Waals surface area (Å²) in [6.07, 6.45) is 0. The Morgan fingerprint density at radius 2 is 1.60 bits per heavy atom. The highest BCUT2D eigenvalue weighted by atomic mass is 16.3. The molecule has 1 rings (SSSR count). The van der Waals surface area contributed by atoms with Crippen LogP contribution < -0.4 is 0 Å². The van der Waals surface area contributed by atoms with E-state index in [0.29, 0.717) is 0 Å². The molecule has 1 aromatic heterocycles. The first kappa shape index (κ1) is 7.31. The molecular weight excluding hydrogens is 130 g/mol. The molecule has 0 unspecified atom stereocenters. The maximum Gasteiger partial charge on any atom is 0.0832 e. The van der Waals surface area contributed by atoms with E-state index < -0.39 is 0 Å². The average molecular weight is 141 g/mol. The molecule has 0 aliphatic carbocycles. The first-order chi connectivity index (χ1) is 4.79. The lowest BCUT2D eigenvalue weighted by Gasteiger charge is -2.01. The standard InChI is InChI=1S/C7H11NO2/c1-8-6(4-9)2-3-7(8)5-10/h2-3,9-10H,4-5H2,1H3. The summed E-state index contributed by atoms with van der Waals surface area (Å²) in [5.74, 6) is 0. The second-order valence-corrected chi connectivity index (χ2v) is 2.19. The Labute approximate surface area is 59.5 Å². The molecule has 3 heteroatoms. The molecule has 0 saturated heterocycles. The van der Waals surface area contributed by atoms with Crippen molar-refractivity contribution in [1.82, 2.24) is 4.57 Å². The van der Waals surface area contributed by atoms with Crippen molar-refractivity contribution in [3.63, 3.8) is 0 Å². The van der Waals surface area contributed by atoms with E-state index >= 15 is 0 Å². The predicted octanol–water partition coefficient (Wildman–Crippen LogP) is 0.00970. The average Bonchev–Trinajstić information content (AvgIpc) is 2.30. The van der Waals surface area contributed by atoms with E-state index in [0.717, 1.165) is 11.4 Å². The molecule has 0 amide bonds. The summed E-state index contributed by atoms with van der Waals surface area (Å²) in [5.41, 5.74) is 1.65. The zero-order chi connectivity index (χ0) is 7.56. The maximum atomic E-state index is 8.72. The lowest BCUT2D eigenvalue weighted by Crippen LogP contribution is -2.00. The van der Waals surface area contributed by atoms with Crippen LogP contribution in [0.4, 0.5) is 0 Å². The Bertz CT molecular complexity index is 196. The molecule has 1 heterocycles. The fraction of sp³-hybridized carbons (Fsp3) is 0.429. The third kappa shape index (κ3) is 1.05. The van der Waals surface area contributed by atoms with Crippen LogP contribution in [0.5, 0.6) is 0 Å². The smallest absolute Gasteiger partial charge is 0.0832 e. The summed E-state index contributed by atoms with van der Waals surface area (Å²) in [4.78, 5) is 0. The molecule has 0 aromatic carbocycles. The van der Waals surface area contributed by atoms with Crippen LogP contribution in [0.1, 0.15) is 11.4 Å². The van der Waals surface area contributed by atoms with E-state index in [1.807, 2.05) is 7.05 Å². The number of rotatable bonds is 2. The van der Waals surface area contributed by atoms with Crippen LogP contribution in [0.2, 0.25) is 0 Å². The van der Waals surface area contributed by atoms with Crippen molar-refractivity contribution in [2.24, 2.45) is 7.05 Å². The van der Waals surface area contributed by atoms with Crippen molar-refractivity contribution < 1.29 is 10.2 Å². The highest BCUT2D eigenvalue weighted by Crippen LogP contribution is 2.05. The molecule has 56 valence electrons. The first-order valence-corrected chi connectivity index (χ1v) is 3.14. The summed E-state index contributed by atoms with van der Waals surface area (Å²) in [6.45, 7) is 0.0486. The summed E-state index contributed by atoms with van der Waals surface area (Å²) in [6, 6.07) is 3.59. The van der Waals surface area contributed by atoms with Crippen LogP contribution in [0.25, 0.3) is 0 Å². The SMILES string of the molecule is Cn1c(CO)ccc1CO. The summed E-state index contributed by atoms with van der Waals surface area (Å²) in [5, 5.41) is 17.4. The molecule has 1 aromatic rings. The second kappa shape index (κ2) is 2.86. The minimum absolute atomic E-state index is 0.0243. The van der Waals surface area contributed by atoms with Crippen molar-refractivity contribution >= 4 is 0 Å². The van der Waals surface area contributed by atoms with Gasteiger partial charge in [-0.1, -0.05) is 0 Å². The number of nitrogens with zero attached hydrogens (tertiary/aromatic N) is 1. The predicted molar refractivity (Wildman–Crippen MR) is 37.3 cm³/mol. The van der Waals surface area contributed by atoms with E-state index in [-0.39, 0.29) is 13.2 Å². The van der Waals surface area contributed by atoms with Crippen molar-refractivity contribution in [1.29, 1.82) is 0 Å². The van der Waals surface area contributed by atoms with Crippen molar-refractivity contribution in [2.45, 2.75) is 13.2 Å². The number of hydrogen-bond acceptors (Lipinski definition) is 2. The van der Waals surface area contributed by atoms with Gasteiger partial charge in [0, 0.05) is 18.4 Å². The molecule has 0 saturated carbocycles. The first-order valence-electron chi connectivity index (χ1n) is 3.14. The normalized spacial score (nSPS) is 10.3. The van der Waals surface area contributed by atoms with E-state index in [1.165, 1.54) is 0 Å². The topological polar surface area (TPSA) is 45.4 Å². The van der Waals surface area contributed by atoms with Gasteiger partial charge < -0.3 is 14.8 Å². The van der Waals surface area contributed by atoms with E-state index in [2.05, 4.69) is 0 Å². The van der Waals surface area contributed by atoms with Gasteiger partial charge in [-0.15, -0.1) is 0 Å². The van der Waals surface area contributed by atoms with Crippen LogP contribution in [0.3, 0.4) is 0 Å². The Kier molecular flexibility index (Phi) is 2.09. The molecular formula is C7H11NO2. The van der Waals surface area contributed by atoms with Crippen LogP contribution >= 0.6 is 0 Å². The van der Waals surface area contributed by atoms with Crippen LogP contribution in [0, 0.1) is 0 Å². The number of aliphatic hydroxyl groups excluding tert-OH is 2. The summed E-state index contributed by atoms with van der Waals surface area (Å²) in [7, 11) is 1.82. The third-order valence-electron chi connectivity index (χ3n) is 1.65. The van der Waals surface area contributed by atoms with E-state index in [4.69, 9.17) is 10.2 Å². The van der Waals surface area contributed by atoms with Gasteiger partial charge in [0.2, 0.25) is 0 Å². The Balaban J connectivity index is 2.97. The summed E-state index contributed by atoms with van der Waals surface area (Å²) >= 11 is 0. The summed E-state index contributed by atoms with van der Waals surface area (Å²) < 4.78 is 1.78. The molecule has 0 aliphatic rings. The minimum Gasteiger partial charge on any atom is -0.390 e. The molecule has 10 heavy (non-hydrogen) atoms. The van der Waals surface area contributed by atoms with Gasteiger partial charge in [-0.2, -0.15) is 0 Å². The second-order valence-electron chi connectivity index (χ2n) is 2.19. The van der Waals surface area contributed by atoms with Crippen molar-refractivity contribution in [3.8, 4) is 0 Å². The van der Waals surface area contributed by atoms with Gasteiger partial charge in [-0.3, -0.25) is 0 Å². The fourth-order valence-corrected chi connectivity index (χ4v) is 0.918. The maximum absolute atomic E-state index is 8.72.